The zero-order valence-electron chi connectivity index (χ0n) is 12.7. The van der Waals surface area contributed by atoms with Crippen LogP contribution < -0.4 is 10.0 Å². The Hall–Kier alpha value is -0.850. The number of hydrogen-bond acceptors (Lipinski definition) is 4. The normalized spacial score (nSPS) is 25.3. The van der Waals surface area contributed by atoms with Gasteiger partial charge in [-0.2, -0.15) is 0 Å². The highest BCUT2D eigenvalue weighted by Gasteiger charge is 2.34. The second-order valence-electron chi connectivity index (χ2n) is 7.10. The maximum absolute atomic E-state index is 12.3. The predicted molar refractivity (Wildman–Crippen MR) is 80.3 cm³/mol. The summed E-state index contributed by atoms with van der Waals surface area (Å²) in [6, 6.07) is 3.88. The quantitative estimate of drug-likeness (QED) is 0.846. The number of sulfonamides is 1. The number of furan rings is 1. The summed E-state index contributed by atoms with van der Waals surface area (Å²) in [4.78, 5) is 0. The first-order chi connectivity index (χ1) is 9.84. The van der Waals surface area contributed by atoms with Gasteiger partial charge in [-0.05, 0) is 49.7 Å². The summed E-state index contributed by atoms with van der Waals surface area (Å²) in [7, 11) is -3.54. The van der Waals surface area contributed by atoms with Crippen LogP contribution in [0, 0.1) is 5.41 Å². The van der Waals surface area contributed by atoms with E-state index < -0.39 is 10.0 Å². The fourth-order valence-electron chi connectivity index (χ4n) is 2.94. The van der Waals surface area contributed by atoms with Gasteiger partial charge in [0.05, 0.1) is 6.54 Å². The molecule has 0 aliphatic heterocycles. The van der Waals surface area contributed by atoms with Crippen molar-refractivity contribution in [3.63, 3.8) is 0 Å². The van der Waals surface area contributed by atoms with Gasteiger partial charge in [-0.3, -0.25) is 0 Å². The molecule has 3 rings (SSSR count). The van der Waals surface area contributed by atoms with E-state index in [1.807, 2.05) is 0 Å². The lowest BCUT2D eigenvalue weighted by Gasteiger charge is -2.17. The topological polar surface area (TPSA) is 71.3 Å². The molecule has 1 aromatic heterocycles. The molecule has 118 valence electrons. The molecule has 1 atom stereocenters. The molecule has 1 heterocycles. The summed E-state index contributed by atoms with van der Waals surface area (Å²) in [5.41, 5.74) is 0.218. The Kier molecular flexibility index (Phi) is 3.88. The van der Waals surface area contributed by atoms with Gasteiger partial charge in [-0.25, -0.2) is 13.1 Å². The first kappa shape index (κ1) is 15.1. The molecule has 0 saturated heterocycles. The van der Waals surface area contributed by atoms with Gasteiger partial charge in [0.1, 0.15) is 5.76 Å². The summed E-state index contributed by atoms with van der Waals surface area (Å²) in [6.07, 6.45) is 5.22. The summed E-state index contributed by atoms with van der Waals surface area (Å²) >= 11 is 0. The molecule has 0 amide bonds. The van der Waals surface area contributed by atoms with Gasteiger partial charge < -0.3 is 9.73 Å². The van der Waals surface area contributed by atoms with Crippen LogP contribution in [0.4, 0.5) is 0 Å². The van der Waals surface area contributed by atoms with E-state index in [-0.39, 0.29) is 16.5 Å². The fraction of sp³-hybridized carbons (Fsp3) is 0.733. The maximum atomic E-state index is 12.3. The first-order valence-electron chi connectivity index (χ1n) is 7.69. The van der Waals surface area contributed by atoms with Crippen molar-refractivity contribution in [1.82, 2.24) is 10.0 Å². The lowest BCUT2D eigenvalue weighted by Crippen LogP contribution is -2.33. The van der Waals surface area contributed by atoms with Crippen LogP contribution in [0.1, 0.15) is 51.7 Å². The first-order valence-corrected chi connectivity index (χ1v) is 9.17. The molecule has 6 heteroatoms. The van der Waals surface area contributed by atoms with Gasteiger partial charge in [0.25, 0.3) is 10.0 Å². The van der Waals surface area contributed by atoms with Crippen LogP contribution in [-0.4, -0.2) is 20.5 Å². The van der Waals surface area contributed by atoms with Crippen molar-refractivity contribution in [3.8, 4) is 0 Å². The van der Waals surface area contributed by atoms with Crippen molar-refractivity contribution < 1.29 is 12.8 Å². The lowest BCUT2D eigenvalue weighted by molar-refractivity contribution is 0.369. The van der Waals surface area contributed by atoms with E-state index in [0.717, 1.165) is 19.3 Å². The Bertz CT molecular complexity index is 602. The second-order valence-corrected chi connectivity index (χ2v) is 8.75. The molecule has 2 N–H and O–H groups in total. The number of nitrogens with one attached hydrogen (secondary N) is 2. The second kappa shape index (κ2) is 5.41. The molecule has 1 unspecified atom stereocenters. The monoisotopic (exact) mass is 312 g/mol. The van der Waals surface area contributed by atoms with Gasteiger partial charge in [0.15, 0.2) is 0 Å². The van der Waals surface area contributed by atoms with Crippen molar-refractivity contribution in [3.05, 3.63) is 17.9 Å². The minimum Gasteiger partial charge on any atom is -0.447 e. The minimum atomic E-state index is -3.54. The van der Waals surface area contributed by atoms with E-state index in [0.29, 0.717) is 18.3 Å². The van der Waals surface area contributed by atoms with Crippen molar-refractivity contribution in [1.29, 1.82) is 0 Å². The fourth-order valence-corrected chi connectivity index (χ4v) is 4.16. The molecule has 2 saturated carbocycles. The average molecular weight is 312 g/mol. The Labute approximate surface area is 126 Å². The molecule has 21 heavy (non-hydrogen) atoms. The molecule has 5 nitrogen and oxygen atoms in total. The van der Waals surface area contributed by atoms with E-state index in [9.17, 15) is 8.42 Å². The van der Waals surface area contributed by atoms with E-state index >= 15 is 0 Å². The molecule has 0 spiro atoms. The third-order valence-electron chi connectivity index (χ3n) is 4.33. The highest BCUT2D eigenvalue weighted by Crippen LogP contribution is 2.37. The van der Waals surface area contributed by atoms with Gasteiger partial charge in [0.2, 0.25) is 5.09 Å². The maximum Gasteiger partial charge on any atom is 0.274 e. The molecule has 0 aromatic carbocycles. The Balaban J connectivity index is 1.61. The van der Waals surface area contributed by atoms with Gasteiger partial charge in [-0.15, -0.1) is 0 Å². The molecular formula is C15H24N2O3S. The minimum absolute atomic E-state index is 0.0168. The van der Waals surface area contributed by atoms with Crippen molar-refractivity contribution in [2.45, 2.75) is 69.7 Å². The summed E-state index contributed by atoms with van der Waals surface area (Å²) in [5, 5.41) is 3.34. The van der Waals surface area contributed by atoms with Crippen LogP contribution in [0.15, 0.2) is 21.6 Å². The highest BCUT2D eigenvalue weighted by atomic mass is 32.2. The molecule has 0 bridgehead atoms. The molecule has 2 aliphatic rings. The van der Waals surface area contributed by atoms with Crippen LogP contribution in [0.2, 0.25) is 0 Å². The SMILES string of the molecule is CC1(C)CCC(NS(=O)(=O)c2ccc(CNC3CC3)o2)C1. The van der Waals surface area contributed by atoms with Crippen LogP contribution in [0.5, 0.6) is 0 Å². The number of rotatable bonds is 6. The Morgan fingerprint density at radius 2 is 2.00 bits per heavy atom. The zero-order valence-corrected chi connectivity index (χ0v) is 13.5. The Morgan fingerprint density at radius 3 is 2.62 bits per heavy atom. The average Bonchev–Trinajstić information content (AvgIpc) is 2.97. The van der Waals surface area contributed by atoms with Crippen LogP contribution in [-0.2, 0) is 16.6 Å². The molecular weight excluding hydrogens is 288 g/mol. The van der Waals surface area contributed by atoms with Crippen LogP contribution >= 0.6 is 0 Å². The lowest BCUT2D eigenvalue weighted by atomic mass is 9.92. The van der Waals surface area contributed by atoms with Gasteiger partial charge >= 0.3 is 0 Å². The van der Waals surface area contributed by atoms with E-state index in [4.69, 9.17) is 4.42 Å². The van der Waals surface area contributed by atoms with Crippen molar-refractivity contribution in [2.75, 3.05) is 0 Å². The van der Waals surface area contributed by atoms with E-state index in [2.05, 4.69) is 23.9 Å². The Morgan fingerprint density at radius 1 is 1.24 bits per heavy atom. The van der Waals surface area contributed by atoms with E-state index in [1.165, 1.54) is 12.8 Å². The largest absolute Gasteiger partial charge is 0.447 e. The predicted octanol–water partition coefficient (Wildman–Crippen LogP) is 2.39. The van der Waals surface area contributed by atoms with Crippen molar-refractivity contribution >= 4 is 10.0 Å². The number of hydrogen-bond donors (Lipinski definition) is 2. The zero-order chi connectivity index (χ0) is 15.1. The van der Waals surface area contributed by atoms with Crippen LogP contribution in [0.3, 0.4) is 0 Å². The van der Waals surface area contributed by atoms with Crippen molar-refractivity contribution in [2.24, 2.45) is 5.41 Å². The highest BCUT2D eigenvalue weighted by molar-refractivity contribution is 7.89. The van der Waals surface area contributed by atoms with Gasteiger partial charge in [0, 0.05) is 12.1 Å². The third kappa shape index (κ3) is 3.87. The van der Waals surface area contributed by atoms with Gasteiger partial charge in [-0.1, -0.05) is 13.8 Å². The van der Waals surface area contributed by atoms with Crippen LogP contribution in [0.25, 0.3) is 0 Å². The third-order valence-corrected chi connectivity index (χ3v) is 5.73. The molecule has 0 radical (unpaired) electrons. The smallest absolute Gasteiger partial charge is 0.274 e. The summed E-state index contributed by atoms with van der Waals surface area (Å²) in [6.45, 7) is 4.95. The van der Waals surface area contributed by atoms with E-state index in [1.54, 1.807) is 12.1 Å². The molecule has 1 aromatic rings. The summed E-state index contributed by atoms with van der Waals surface area (Å²) < 4.78 is 32.9. The summed E-state index contributed by atoms with van der Waals surface area (Å²) in [5.74, 6) is 0.675. The molecule has 2 fully saturated rings. The molecule has 2 aliphatic carbocycles. The standard InChI is InChI=1S/C15H24N2O3S/c1-15(2)8-7-12(9-15)17-21(18,19)14-6-5-13(20-14)10-16-11-3-4-11/h5-6,11-12,16-17H,3-4,7-10H2,1-2H3.